The first kappa shape index (κ1) is 14.6. The second-order valence-corrected chi connectivity index (χ2v) is 6.79. The Labute approximate surface area is 130 Å². The number of carbonyl (C=O) groups is 1. The lowest BCUT2D eigenvalue weighted by molar-refractivity contribution is -0.117. The van der Waals surface area contributed by atoms with Crippen LogP contribution in [0.4, 0.5) is 5.69 Å². The first-order valence-corrected chi connectivity index (χ1v) is 7.81. The van der Waals surface area contributed by atoms with Gasteiger partial charge in [-0.3, -0.25) is 4.79 Å². The van der Waals surface area contributed by atoms with Crippen molar-refractivity contribution in [2.24, 2.45) is 5.92 Å². The molecule has 0 spiro atoms. The molecule has 0 saturated heterocycles. The molecule has 1 aliphatic carbocycles. The standard InChI is InChI=1S/C18H21N3O/c1-18(2,8-3-9-19)16-11-13-10-14(6-7-15(13)21-16)20-17(22)12-4-5-12/h6-7,10-12,21H,3-5,8H2,1-2H3,(H,20,22). The molecule has 22 heavy (non-hydrogen) atoms. The summed E-state index contributed by atoms with van der Waals surface area (Å²) in [5.74, 6) is 0.340. The highest BCUT2D eigenvalue weighted by Gasteiger charge is 2.29. The number of rotatable bonds is 5. The van der Waals surface area contributed by atoms with Gasteiger partial charge < -0.3 is 10.3 Å². The van der Waals surface area contributed by atoms with Crippen LogP contribution >= 0.6 is 0 Å². The Balaban J connectivity index is 1.83. The highest BCUT2D eigenvalue weighted by Crippen LogP contribution is 2.33. The lowest BCUT2D eigenvalue weighted by atomic mass is 9.84. The molecule has 0 aliphatic heterocycles. The first-order valence-electron chi connectivity index (χ1n) is 7.81. The summed E-state index contributed by atoms with van der Waals surface area (Å²) in [5.41, 5.74) is 2.98. The summed E-state index contributed by atoms with van der Waals surface area (Å²) in [5, 5.41) is 12.9. The van der Waals surface area contributed by atoms with E-state index in [0.717, 1.165) is 41.5 Å². The fourth-order valence-electron chi connectivity index (χ4n) is 2.67. The number of nitriles is 1. The van der Waals surface area contributed by atoms with Crippen molar-refractivity contribution in [3.05, 3.63) is 30.0 Å². The van der Waals surface area contributed by atoms with Gasteiger partial charge in [0.15, 0.2) is 0 Å². The van der Waals surface area contributed by atoms with Crippen molar-refractivity contribution >= 4 is 22.5 Å². The first-order chi connectivity index (χ1) is 10.5. The molecule has 0 atom stereocenters. The Morgan fingerprint density at radius 2 is 2.18 bits per heavy atom. The molecule has 3 rings (SSSR count). The fraction of sp³-hybridized carbons (Fsp3) is 0.444. The number of benzene rings is 1. The van der Waals surface area contributed by atoms with Crippen molar-refractivity contribution in [1.82, 2.24) is 4.98 Å². The fourth-order valence-corrected chi connectivity index (χ4v) is 2.67. The number of aromatic nitrogens is 1. The number of fused-ring (bicyclic) bond motifs is 1. The minimum absolute atomic E-state index is 0.0633. The van der Waals surface area contributed by atoms with Gasteiger partial charge in [-0.2, -0.15) is 5.26 Å². The van der Waals surface area contributed by atoms with Gasteiger partial charge in [0.1, 0.15) is 0 Å². The molecule has 1 fully saturated rings. The average molecular weight is 295 g/mol. The second kappa shape index (κ2) is 5.49. The van der Waals surface area contributed by atoms with E-state index < -0.39 is 0 Å². The molecule has 1 saturated carbocycles. The number of H-pyrrole nitrogens is 1. The minimum atomic E-state index is -0.0633. The monoisotopic (exact) mass is 295 g/mol. The van der Waals surface area contributed by atoms with Crippen LogP contribution < -0.4 is 5.32 Å². The number of amides is 1. The maximum absolute atomic E-state index is 11.8. The number of hydrogen-bond donors (Lipinski definition) is 2. The summed E-state index contributed by atoms with van der Waals surface area (Å²) in [7, 11) is 0. The summed E-state index contributed by atoms with van der Waals surface area (Å²) >= 11 is 0. The van der Waals surface area contributed by atoms with Crippen molar-refractivity contribution < 1.29 is 4.79 Å². The third kappa shape index (κ3) is 2.99. The van der Waals surface area contributed by atoms with E-state index in [2.05, 4.69) is 36.3 Å². The van der Waals surface area contributed by atoms with E-state index in [1.807, 2.05) is 18.2 Å². The van der Waals surface area contributed by atoms with Crippen LogP contribution in [0.5, 0.6) is 0 Å². The normalized spacial score (nSPS) is 14.8. The molecule has 1 heterocycles. The number of anilines is 1. The van der Waals surface area contributed by atoms with Crippen molar-refractivity contribution in [2.45, 2.75) is 44.9 Å². The average Bonchev–Trinajstić information content (AvgIpc) is 3.24. The highest BCUT2D eigenvalue weighted by atomic mass is 16.2. The number of nitrogens with zero attached hydrogens (tertiary/aromatic N) is 1. The van der Waals surface area contributed by atoms with E-state index in [0.29, 0.717) is 6.42 Å². The van der Waals surface area contributed by atoms with Crippen LogP contribution in [0.25, 0.3) is 10.9 Å². The van der Waals surface area contributed by atoms with E-state index in [1.165, 1.54) is 0 Å². The molecule has 0 radical (unpaired) electrons. The Bertz CT molecular complexity index is 747. The molecular weight excluding hydrogens is 274 g/mol. The maximum atomic E-state index is 11.8. The van der Waals surface area contributed by atoms with Gasteiger partial charge in [0, 0.05) is 40.0 Å². The molecule has 1 aromatic carbocycles. The molecular formula is C18H21N3O. The number of hydrogen-bond acceptors (Lipinski definition) is 2. The number of aromatic amines is 1. The van der Waals surface area contributed by atoms with Crippen molar-refractivity contribution in [3.8, 4) is 6.07 Å². The van der Waals surface area contributed by atoms with E-state index in [4.69, 9.17) is 5.26 Å². The summed E-state index contributed by atoms with van der Waals surface area (Å²) in [6.07, 6.45) is 3.39. The van der Waals surface area contributed by atoms with Gasteiger partial charge in [0.25, 0.3) is 0 Å². The van der Waals surface area contributed by atoms with Crippen LogP contribution in [0.15, 0.2) is 24.3 Å². The predicted molar refractivity (Wildman–Crippen MR) is 87.5 cm³/mol. The van der Waals surface area contributed by atoms with Crippen LogP contribution in [0.1, 0.15) is 45.2 Å². The topological polar surface area (TPSA) is 68.7 Å². The van der Waals surface area contributed by atoms with E-state index in [-0.39, 0.29) is 17.2 Å². The largest absolute Gasteiger partial charge is 0.358 e. The number of nitrogens with one attached hydrogen (secondary N) is 2. The van der Waals surface area contributed by atoms with Crippen LogP contribution in [-0.2, 0) is 10.2 Å². The number of carbonyl (C=O) groups excluding carboxylic acids is 1. The van der Waals surface area contributed by atoms with Gasteiger partial charge in [0.2, 0.25) is 5.91 Å². The van der Waals surface area contributed by atoms with Crippen molar-refractivity contribution in [2.75, 3.05) is 5.32 Å². The molecule has 1 aliphatic rings. The van der Waals surface area contributed by atoms with Crippen molar-refractivity contribution in [1.29, 1.82) is 5.26 Å². The lowest BCUT2D eigenvalue weighted by Crippen LogP contribution is -2.17. The van der Waals surface area contributed by atoms with Gasteiger partial charge in [-0.15, -0.1) is 0 Å². The quantitative estimate of drug-likeness (QED) is 0.872. The Morgan fingerprint density at radius 3 is 2.86 bits per heavy atom. The molecule has 0 bridgehead atoms. The molecule has 2 aromatic rings. The maximum Gasteiger partial charge on any atom is 0.227 e. The summed E-state index contributed by atoms with van der Waals surface area (Å²) < 4.78 is 0. The van der Waals surface area contributed by atoms with Gasteiger partial charge in [-0.05, 0) is 43.5 Å². The van der Waals surface area contributed by atoms with Gasteiger partial charge >= 0.3 is 0 Å². The second-order valence-electron chi connectivity index (χ2n) is 6.79. The van der Waals surface area contributed by atoms with Crippen molar-refractivity contribution in [3.63, 3.8) is 0 Å². The van der Waals surface area contributed by atoms with Gasteiger partial charge in [0.05, 0.1) is 6.07 Å². The minimum Gasteiger partial charge on any atom is -0.358 e. The highest BCUT2D eigenvalue weighted by molar-refractivity contribution is 5.96. The molecule has 114 valence electrons. The van der Waals surface area contributed by atoms with Crippen LogP contribution in [0.2, 0.25) is 0 Å². The molecule has 2 N–H and O–H groups in total. The van der Waals surface area contributed by atoms with E-state index >= 15 is 0 Å². The smallest absolute Gasteiger partial charge is 0.227 e. The summed E-state index contributed by atoms with van der Waals surface area (Å²) in [4.78, 5) is 15.3. The Hall–Kier alpha value is -2.28. The zero-order valence-electron chi connectivity index (χ0n) is 13.1. The summed E-state index contributed by atoms with van der Waals surface area (Å²) in [6.45, 7) is 4.29. The molecule has 0 unspecified atom stereocenters. The van der Waals surface area contributed by atoms with Crippen LogP contribution in [0.3, 0.4) is 0 Å². The van der Waals surface area contributed by atoms with Crippen LogP contribution in [-0.4, -0.2) is 10.9 Å². The Kier molecular flexibility index (Phi) is 3.66. The SMILES string of the molecule is CC(C)(CCC#N)c1cc2cc(NC(=O)C3CC3)ccc2[nH]1. The lowest BCUT2D eigenvalue weighted by Gasteiger charge is -2.21. The molecule has 4 nitrogen and oxygen atoms in total. The zero-order chi connectivity index (χ0) is 15.7. The van der Waals surface area contributed by atoms with Gasteiger partial charge in [-0.25, -0.2) is 0 Å². The zero-order valence-corrected chi connectivity index (χ0v) is 13.1. The van der Waals surface area contributed by atoms with E-state index in [1.54, 1.807) is 0 Å². The molecule has 1 amide bonds. The van der Waals surface area contributed by atoms with Crippen LogP contribution in [0, 0.1) is 17.2 Å². The van der Waals surface area contributed by atoms with Gasteiger partial charge in [-0.1, -0.05) is 13.8 Å². The molecule has 1 aromatic heterocycles. The summed E-state index contributed by atoms with van der Waals surface area (Å²) in [6, 6.07) is 10.3. The third-order valence-corrected chi connectivity index (χ3v) is 4.43. The predicted octanol–water partition coefficient (Wildman–Crippen LogP) is 4.10. The third-order valence-electron chi connectivity index (χ3n) is 4.43. The molecule has 4 heteroatoms. The van der Waals surface area contributed by atoms with E-state index in [9.17, 15) is 4.79 Å². The Morgan fingerprint density at radius 1 is 1.41 bits per heavy atom.